The fourth-order valence-electron chi connectivity index (χ4n) is 3.49. The second kappa shape index (κ2) is 9.80. The molecule has 1 fully saturated rings. The quantitative estimate of drug-likeness (QED) is 0.796. The van der Waals surface area contributed by atoms with E-state index in [-0.39, 0.29) is 5.91 Å². The highest BCUT2D eigenvalue weighted by molar-refractivity contribution is 5.82. The van der Waals surface area contributed by atoms with Gasteiger partial charge in [-0.25, -0.2) is 0 Å². The molecule has 1 heterocycles. The number of hydrogen-bond donors (Lipinski definition) is 1. The molecule has 0 spiro atoms. The van der Waals surface area contributed by atoms with E-state index in [1.807, 2.05) is 35.2 Å². The predicted molar refractivity (Wildman–Crippen MR) is 99.8 cm³/mol. The van der Waals surface area contributed by atoms with Gasteiger partial charge in [0.2, 0.25) is 5.91 Å². The minimum Gasteiger partial charge on any atom is -0.341 e. The van der Waals surface area contributed by atoms with Crippen molar-refractivity contribution in [2.45, 2.75) is 45.1 Å². The lowest BCUT2D eigenvalue weighted by Gasteiger charge is -2.35. The third-order valence-corrected chi connectivity index (χ3v) is 5.01. The molecule has 0 saturated carbocycles. The smallest absolute Gasteiger partial charge is 0.239 e. The Labute approximate surface area is 147 Å². The van der Waals surface area contributed by atoms with Gasteiger partial charge in [-0.15, -0.1) is 0 Å². The fourth-order valence-corrected chi connectivity index (χ4v) is 3.49. The van der Waals surface area contributed by atoms with E-state index < -0.39 is 6.04 Å². The van der Waals surface area contributed by atoms with Gasteiger partial charge in [-0.05, 0) is 50.8 Å². The first-order valence-corrected chi connectivity index (χ1v) is 9.37. The number of rotatable bonds is 8. The van der Waals surface area contributed by atoms with Gasteiger partial charge in [0.25, 0.3) is 0 Å². The Hall–Kier alpha value is -1.39. The number of amides is 1. The van der Waals surface area contributed by atoms with Gasteiger partial charge in [0.05, 0.1) is 6.04 Å². The molecular weight excluding hydrogens is 298 g/mol. The largest absolute Gasteiger partial charge is 0.341 e. The monoisotopic (exact) mass is 331 g/mol. The van der Waals surface area contributed by atoms with Crippen molar-refractivity contribution in [3.05, 3.63) is 35.9 Å². The maximum Gasteiger partial charge on any atom is 0.239 e. The molecule has 1 amide bonds. The van der Waals surface area contributed by atoms with E-state index >= 15 is 0 Å². The van der Waals surface area contributed by atoms with Crippen molar-refractivity contribution in [1.29, 1.82) is 0 Å². The highest BCUT2D eigenvalue weighted by Gasteiger charge is 2.26. The van der Waals surface area contributed by atoms with Crippen LogP contribution in [0.2, 0.25) is 0 Å². The number of hydrogen-bond acceptors (Lipinski definition) is 3. The number of benzene rings is 1. The maximum absolute atomic E-state index is 12.6. The summed E-state index contributed by atoms with van der Waals surface area (Å²) in [7, 11) is 2.21. The Morgan fingerprint density at radius 2 is 1.96 bits per heavy atom. The number of carbonyl (C=O) groups is 1. The Bertz CT molecular complexity index is 483. The fraction of sp³-hybridized carbons (Fsp3) is 0.650. The van der Waals surface area contributed by atoms with Crippen LogP contribution in [0.3, 0.4) is 0 Å². The average molecular weight is 332 g/mol. The van der Waals surface area contributed by atoms with Gasteiger partial charge in [0.15, 0.2) is 0 Å². The van der Waals surface area contributed by atoms with Gasteiger partial charge in [-0.3, -0.25) is 4.79 Å². The molecule has 0 radical (unpaired) electrons. The zero-order valence-corrected chi connectivity index (χ0v) is 15.3. The van der Waals surface area contributed by atoms with Crippen LogP contribution >= 0.6 is 0 Å². The number of unbranched alkanes of at least 4 members (excludes halogenated alkanes) is 1. The summed E-state index contributed by atoms with van der Waals surface area (Å²) in [5, 5.41) is 0. The summed E-state index contributed by atoms with van der Waals surface area (Å²) in [6.45, 7) is 6.27. The number of piperidine rings is 1. The van der Waals surface area contributed by atoms with Gasteiger partial charge in [0, 0.05) is 19.6 Å². The summed E-state index contributed by atoms with van der Waals surface area (Å²) in [6, 6.07) is 9.62. The minimum absolute atomic E-state index is 0.108. The van der Waals surface area contributed by atoms with Crippen molar-refractivity contribution < 1.29 is 4.79 Å². The summed E-state index contributed by atoms with van der Waals surface area (Å²) in [6.07, 6.45) is 5.33. The summed E-state index contributed by atoms with van der Waals surface area (Å²) in [4.78, 5) is 17.0. The average Bonchev–Trinajstić information content (AvgIpc) is 2.61. The van der Waals surface area contributed by atoms with Crippen LogP contribution in [0.15, 0.2) is 30.3 Å². The minimum atomic E-state index is -0.420. The van der Waals surface area contributed by atoms with E-state index in [1.54, 1.807) is 0 Å². The second-order valence-corrected chi connectivity index (χ2v) is 7.18. The molecule has 0 aromatic heterocycles. The van der Waals surface area contributed by atoms with Crippen LogP contribution in [0.5, 0.6) is 0 Å². The van der Waals surface area contributed by atoms with Crippen molar-refractivity contribution in [3.63, 3.8) is 0 Å². The standard InChI is InChI=1S/C20H33N3O/c1-3-4-12-22(2)16-18-10-13-23(14-11-18)20(24)19(21)15-17-8-6-5-7-9-17/h5-9,18-19H,3-4,10-16,21H2,1-2H3. The third-order valence-electron chi connectivity index (χ3n) is 5.01. The van der Waals surface area contributed by atoms with E-state index in [2.05, 4.69) is 18.9 Å². The van der Waals surface area contributed by atoms with Crippen LogP contribution in [0.4, 0.5) is 0 Å². The number of likely N-dealkylation sites (tertiary alicyclic amines) is 1. The first-order valence-electron chi connectivity index (χ1n) is 9.37. The highest BCUT2D eigenvalue weighted by atomic mass is 16.2. The molecule has 0 aliphatic carbocycles. The van der Waals surface area contributed by atoms with Gasteiger partial charge < -0.3 is 15.5 Å². The van der Waals surface area contributed by atoms with Crippen molar-refractivity contribution >= 4 is 5.91 Å². The van der Waals surface area contributed by atoms with Crippen LogP contribution < -0.4 is 5.73 Å². The van der Waals surface area contributed by atoms with E-state index in [0.717, 1.165) is 38.0 Å². The van der Waals surface area contributed by atoms with Gasteiger partial charge in [-0.2, -0.15) is 0 Å². The molecule has 1 saturated heterocycles. The molecule has 1 aliphatic rings. The van der Waals surface area contributed by atoms with Crippen LogP contribution in [-0.2, 0) is 11.2 Å². The zero-order valence-electron chi connectivity index (χ0n) is 15.3. The summed E-state index contributed by atoms with van der Waals surface area (Å²) in [5.74, 6) is 0.817. The van der Waals surface area contributed by atoms with Crippen molar-refractivity contribution in [2.24, 2.45) is 11.7 Å². The first kappa shape index (κ1) is 18.9. The highest BCUT2D eigenvalue weighted by Crippen LogP contribution is 2.19. The molecule has 1 unspecified atom stereocenters. The van der Waals surface area contributed by atoms with Crippen LogP contribution in [-0.4, -0.2) is 55.0 Å². The lowest BCUT2D eigenvalue weighted by atomic mass is 9.95. The van der Waals surface area contributed by atoms with Crippen molar-refractivity contribution in [3.8, 4) is 0 Å². The topological polar surface area (TPSA) is 49.6 Å². The van der Waals surface area contributed by atoms with E-state index in [0.29, 0.717) is 12.3 Å². The zero-order chi connectivity index (χ0) is 17.4. The molecule has 1 atom stereocenters. The lowest BCUT2D eigenvalue weighted by Crippen LogP contribution is -2.48. The molecule has 4 nitrogen and oxygen atoms in total. The number of nitrogens with zero attached hydrogens (tertiary/aromatic N) is 2. The summed E-state index contributed by atoms with van der Waals surface area (Å²) >= 11 is 0. The van der Waals surface area contributed by atoms with Gasteiger partial charge in [0.1, 0.15) is 0 Å². The second-order valence-electron chi connectivity index (χ2n) is 7.18. The third kappa shape index (κ3) is 5.91. The molecule has 2 N–H and O–H groups in total. The maximum atomic E-state index is 12.6. The molecule has 24 heavy (non-hydrogen) atoms. The number of nitrogens with two attached hydrogens (primary N) is 1. The molecule has 4 heteroatoms. The van der Waals surface area contributed by atoms with Crippen LogP contribution in [0, 0.1) is 5.92 Å². The number of carbonyl (C=O) groups excluding carboxylic acids is 1. The van der Waals surface area contributed by atoms with Crippen LogP contribution in [0.1, 0.15) is 38.2 Å². The predicted octanol–water partition coefficient (Wildman–Crippen LogP) is 2.53. The molecule has 1 aliphatic heterocycles. The Morgan fingerprint density at radius 1 is 1.29 bits per heavy atom. The van der Waals surface area contributed by atoms with Crippen molar-refractivity contribution in [2.75, 3.05) is 33.2 Å². The summed E-state index contributed by atoms with van der Waals surface area (Å²) < 4.78 is 0. The molecule has 0 bridgehead atoms. The van der Waals surface area contributed by atoms with E-state index in [1.165, 1.54) is 19.4 Å². The normalized spacial score (nSPS) is 17.2. The lowest BCUT2D eigenvalue weighted by molar-refractivity contribution is -0.134. The van der Waals surface area contributed by atoms with Gasteiger partial charge in [-0.1, -0.05) is 43.7 Å². The van der Waals surface area contributed by atoms with E-state index in [9.17, 15) is 4.79 Å². The Kier molecular flexibility index (Phi) is 7.73. The molecule has 1 aromatic rings. The van der Waals surface area contributed by atoms with Gasteiger partial charge >= 0.3 is 0 Å². The molecule has 134 valence electrons. The summed E-state index contributed by atoms with van der Waals surface area (Å²) in [5.41, 5.74) is 7.28. The molecule has 2 rings (SSSR count). The Balaban J connectivity index is 1.74. The first-order chi connectivity index (χ1) is 11.6. The molecule has 1 aromatic carbocycles. The molecular formula is C20H33N3O. The SMILES string of the molecule is CCCCN(C)CC1CCN(C(=O)C(N)Cc2ccccc2)CC1. The van der Waals surface area contributed by atoms with Crippen molar-refractivity contribution in [1.82, 2.24) is 9.80 Å². The van der Waals surface area contributed by atoms with E-state index in [4.69, 9.17) is 5.73 Å². The van der Waals surface area contributed by atoms with Crippen LogP contribution in [0.25, 0.3) is 0 Å². The Morgan fingerprint density at radius 3 is 2.58 bits per heavy atom.